The quantitative estimate of drug-likeness (QED) is 0.689. The Kier molecular flexibility index (Phi) is 3.56. The summed E-state index contributed by atoms with van der Waals surface area (Å²) in [5.41, 5.74) is -1.15. The number of aromatic hydroxyl groups is 1. The number of phenols is 1. The van der Waals surface area contributed by atoms with E-state index >= 15 is 0 Å². The van der Waals surface area contributed by atoms with Crippen LogP contribution in [0.3, 0.4) is 0 Å². The van der Waals surface area contributed by atoms with E-state index in [0.29, 0.717) is 0 Å². The third kappa shape index (κ3) is 2.77. The molecule has 0 spiro atoms. The maximum absolute atomic E-state index is 12.7. The molecule has 3 nitrogen and oxygen atoms in total. The summed E-state index contributed by atoms with van der Waals surface area (Å²) < 4.78 is 43.5. The van der Waals surface area contributed by atoms with Crippen molar-refractivity contribution in [3.8, 4) is 17.1 Å². The van der Waals surface area contributed by atoms with Gasteiger partial charge in [0.2, 0.25) is 0 Å². The number of phenolic OH excluding ortho intramolecular Hbond substituents is 1. The highest BCUT2D eigenvalue weighted by Gasteiger charge is 2.31. The second-order valence-electron chi connectivity index (χ2n) is 4.82. The molecule has 0 unspecified atom stereocenters. The number of benzene rings is 2. The molecule has 1 heterocycles. The topological polar surface area (TPSA) is 50.4 Å². The van der Waals surface area contributed by atoms with E-state index in [0.717, 1.165) is 24.3 Å². The van der Waals surface area contributed by atoms with E-state index in [9.17, 15) is 23.1 Å². The van der Waals surface area contributed by atoms with Crippen LogP contribution in [0.4, 0.5) is 13.2 Å². The van der Waals surface area contributed by atoms with Crippen molar-refractivity contribution in [3.63, 3.8) is 0 Å². The molecule has 7 heteroatoms. The molecule has 1 N–H and O–H groups in total. The van der Waals surface area contributed by atoms with Gasteiger partial charge in [-0.25, -0.2) is 0 Å². The average Bonchev–Trinajstić information content (AvgIpc) is 2.45. The monoisotopic (exact) mass is 340 g/mol. The van der Waals surface area contributed by atoms with Crippen molar-refractivity contribution in [3.05, 3.63) is 63.3 Å². The molecule has 0 aliphatic carbocycles. The first-order valence-corrected chi connectivity index (χ1v) is 6.78. The van der Waals surface area contributed by atoms with E-state index in [2.05, 4.69) is 0 Å². The van der Waals surface area contributed by atoms with Gasteiger partial charge in [0.15, 0.2) is 5.43 Å². The molecule has 118 valence electrons. The van der Waals surface area contributed by atoms with Crippen LogP contribution in [0.2, 0.25) is 5.02 Å². The van der Waals surface area contributed by atoms with Crippen molar-refractivity contribution in [1.82, 2.24) is 0 Å². The van der Waals surface area contributed by atoms with E-state index < -0.39 is 17.2 Å². The standard InChI is InChI=1S/C16H8ClF3O3/c17-10-6-8(16(18,19)20)4-5-9(10)14-7-12(22)15-11(21)2-1-3-13(15)23-14/h1-7,21H. The van der Waals surface area contributed by atoms with Gasteiger partial charge in [-0.05, 0) is 30.3 Å². The van der Waals surface area contributed by atoms with Gasteiger partial charge < -0.3 is 9.52 Å². The van der Waals surface area contributed by atoms with Gasteiger partial charge in [-0.1, -0.05) is 17.7 Å². The van der Waals surface area contributed by atoms with Gasteiger partial charge in [-0.3, -0.25) is 4.79 Å². The fraction of sp³-hybridized carbons (Fsp3) is 0.0625. The molecule has 0 atom stereocenters. The summed E-state index contributed by atoms with van der Waals surface area (Å²) in [7, 11) is 0. The van der Waals surface area contributed by atoms with E-state index in [-0.39, 0.29) is 33.1 Å². The molecular weight excluding hydrogens is 333 g/mol. The molecule has 1 aromatic heterocycles. The molecule has 2 aromatic carbocycles. The van der Waals surface area contributed by atoms with Gasteiger partial charge in [0, 0.05) is 11.6 Å². The minimum absolute atomic E-state index is 0.000663. The Hall–Kier alpha value is -2.47. The lowest BCUT2D eigenvalue weighted by molar-refractivity contribution is -0.137. The summed E-state index contributed by atoms with van der Waals surface area (Å²) in [4.78, 5) is 12.1. The molecule has 0 aliphatic heterocycles. The number of rotatable bonds is 1. The Bertz CT molecular complexity index is 961. The van der Waals surface area contributed by atoms with E-state index in [1.807, 2.05) is 0 Å². The maximum Gasteiger partial charge on any atom is 0.416 e. The molecule has 0 saturated carbocycles. The highest BCUT2D eigenvalue weighted by molar-refractivity contribution is 6.33. The minimum atomic E-state index is -4.52. The summed E-state index contributed by atoms with van der Waals surface area (Å²) in [5, 5.41) is 9.49. The Labute approximate surface area is 132 Å². The minimum Gasteiger partial charge on any atom is -0.507 e. The van der Waals surface area contributed by atoms with Crippen LogP contribution in [-0.4, -0.2) is 5.11 Å². The number of alkyl halides is 3. The molecule has 0 bridgehead atoms. The highest BCUT2D eigenvalue weighted by Crippen LogP contribution is 2.36. The van der Waals surface area contributed by atoms with Crippen LogP contribution in [0.5, 0.6) is 5.75 Å². The number of fused-ring (bicyclic) bond motifs is 1. The van der Waals surface area contributed by atoms with Gasteiger partial charge in [-0.2, -0.15) is 13.2 Å². The number of hydrogen-bond acceptors (Lipinski definition) is 3. The van der Waals surface area contributed by atoms with Crippen LogP contribution in [0.25, 0.3) is 22.3 Å². The van der Waals surface area contributed by atoms with Gasteiger partial charge in [0.05, 0.1) is 10.6 Å². The molecule has 0 amide bonds. The molecule has 3 aromatic rings. The molecule has 0 aliphatic rings. The van der Waals surface area contributed by atoms with Crippen molar-refractivity contribution >= 4 is 22.6 Å². The van der Waals surface area contributed by atoms with Crippen LogP contribution in [-0.2, 0) is 6.18 Å². The average molecular weight is 341 g/mol. The fourth-order valence-corrected chi connectivity index (χ4v) is 2.49. The normalized spacial score (nSPS) is 11.8. The van der Waals surface area contributed by atoms with Crippen LogP contribution in [0.1, 0.15) is 5.56 Å². The highest BCUT2D eigenvalue weighted by atomic mass is 35.5. The summed E-state index contributed by atoms with van der Waals surface area (Å²) in [6.45, 7) is 0. The van der Waals surface area contributed by atoms with Crippen molar-refractivity contribution in [1.29, 1.82) is 0 Å². The maximum atomic E-state index is 12.7. The second-order valence-corrected chi connectivity index (χ2v) is 5.22. The van der Waals surface area contributed by atoms with E-state index in [1.165, 1.54) is 18.2 Å². The summed E-state index contributed by atoms with van der Waals surface area (Å²) in [5.74, 6) is -0.215. The van der Waals surface area contributed by atoms with Crippen LogP contribution in [0, 0.1) is 0 Å². The lowest BCUT2D eigenvalue weighted by atomic mass is 10.1. The van der Waals surface area contributed by atoms with Crippen molar-refractivity contribution in [2.45, 2.75) is 6.18 Å². The lowest BCUT2D eigenvalue weighted by Gasteiger charge is -2.10. The summed E-state index contributed by atoms with van der Waals surface area (Å²) in [6, 6.07) is 8.13. The predicted octanol–water partition coefficient (Wildman–Crippen LogP) is 4.84. The van der Waals surface area contributed by atoms with Gasteiger partial charge in [-0.15, -0.1) is 0 Å². The van der Waals surface area contributed by atoms with Crippen molar-refractivity contribution in [2.75, 3.05) is 0 Å². The van der Waals surface area contributed by atoms with Crippen molar-refractivity contribution in [2.24, 2.45) is 0 Å². The molecular formula is C16H8ClF3O3. The fourth-order valence-electron chi connectivity index (χ4n) is 2.22. The third-order valence-electron chi connectivity index (χ3n) is 3.29. The smallest absolute Gasteiger partial charge is 0.416 e. The molecule has 3 rings (SSSR count). The van der Waals surface area contributed by atoms with Gasteiger partial charge in [0.1, 0.15) is 22.5 Å². The SMILES string of the molecule is O=c1cc(-c2ccc(C(F)(F)F)cc2Cl)oc2cccc(O)c12. The zero-order valence-corrected chi connectivity index (χ0v) is 12.1. The van der Waals surface area contributed by atoms with E-state index in [4.69, 9.17) is 16.0 Å². The van der Waals surface area contributed by atoms with Gasteiger partial charge >= 0.3 is 6.18 Å². The van der Waals surface area contributed by atoms with Crippen LogP contribution < -0.4 is 5.43 Å². The Morgan fingerprint density at radius 2 is 1.83 bits per heavy atom. The Morgan fingerprint density at radius 3 is 2.48 bits per heavy atom. The summed E-state index contributed by atoms with van der Waals surface area (Å²) >= 11 is 5.89. The molecule has 23 heavy (non-hydrogen) atoms. The Balaban J connectivity index is 2.20. The van der Waals surface area contributed by atoms with Crippen molar-refractivity contribution < 1.29 is 22.7 Å². The first kappa shape index (κ1) is 15.4. The zero-order valence-electron chi connectivity index (χ0n) is 11.3. The predicted molar refractivity (Wildman–Crippen MR) is 79.6 cm³/mol. The van der Waals surface area contributed by atoms with E-state index in [1.54, 1.807) is 0 Å². The van der Waals surface area contributed by atoms with Gasteiger partial charge in [0.25, 0.3) is 0 Å². The Morgan fingerprint density at radius 1 is 1.09 bits per heavy atom. The van der Waals surface area contributed by atoms with Crippen LogP contribution in [0.15, 0.2) is 51.7 Å². The molecule has 0 fully saturated rings. The molecule has 0 saturated heterocycles. The number of halogens is 4. The number of hydrogen-bond donors (Lipinski definition) is 1. The lowest BCUT2D eigenvalue weighted by Crippen LogP contribution is -2.05. The first-order chi connectivity index (χ1) is 10.8. The largest absolute Gasteiger partial charge is 0.507 e. The first-order valence-electron chi connectivity index (χ1n) is 6.40. The summed E-state index contributed by atoms with van der Waals surface area (Å²) in [6.07, 6.45) is -4.52. The molecule has 0 radical (unpaired) electrons. The third-order valence-corrected chi connectivity index (χ3v) is 3.61. The zero-order chi connectivity index (χ0) is 16.8. The second kappa shape index (κ2) is 5.31. The van der Waals surface area contributed by atoms with Crippen LogP contribution >= 0.6 is 11.6 Å².